The molecule has 0 unspecified atom stereocenters. The van der Waals surface area contributed by atoms with Crippen LogP contribution in [0.2, 0.25) is 0 Å². The molecule has 1 saturated heterocycles. The quantitative estimate of drug-likeness (QED) is 0.470. The maximum atomic E-state index is 7.88. The topological polar surface area (TPSA) is 44.3 Å². The molecule has 1 aliphatic heterocycles. The maximum Gasteiger partial charge on any atom is 0.0428 e. The molecule has 0 spiro atoms. The van der Waals surface area contributed by atoms with Crippen molar-refractivity contribution in [3.05, 3.63) is 0 Å². The first-order valence-electron chi connectivity index (χ1n) is 3.94. The van der Waals surface area contributed by atoms with Gasteiger partial charge in [-0.05, 0) is 6.42 Å². The van der Waals surface area contributed by atoms with E-state index in [0.717, 1.165) is 32.6 Å². The van der Waals surface area contributed by atoms with Crippen molar-refractivity contribution >= 4 is 0 Å². The first kappa shape index (κ1) is 9.88. The predicted molar refractivity (Wildman–Crippen MR) is 43.1 cm³/mol. The second-order valence-corrected chi connectivity index (χ2v) is 2.22. The second-order valence-electron chi connectivity index (χ2n) is 2.22. The highest BCUT2D eigenvalue weighted by atomic mass is 16.2. The highest BCUT2D eigenvalue weighted by Crippen LogP contribution is 1.65. The molecule has 0 aromatic rings. The number of hydrogen-bond acceptors (Lipinski definition) is 3. The molecule has 0 aromatic heterocycles. The number of aliphatic hydroxyl groups excluding tert-OH is 1. The summed E-state index contributed by atoms with van der Waals surface area (Å²) in [4.78, 5) is 0. The summed E-state index contributed by atoms with van der Waals surface area (Å²) in [6.45, 7) is 6.81. The lowest BCUT2D eigenvalue weighted by Crippen LogP contribution is -2.39. The number of aliphatic hydroxyl groups is 1. The zero-order valence-corrected chi connectivity index (χ0v) is 6.69. The highest BCUT2D eigenvalue weighted by Gasteiger charge is 1.91. The Morgan fingerprint density at radius 1 is 1.10 bits per heavy atom. The van der Waals surface area contributed by atoms with Gasteiger partial charge in [0.25, 0.3) is 0 Å². The third-order valence-corrected chi connectivity index (χ3v) is 1.18. The molecular weight excluding hydrogens is 128 g/mol. The van der Waals surface area contributed by atoms with Gasteiger partial charge in [-0.1, -0.05) is 6.92 Å². The summed E-state index contributed by atoms with van der Waals surface area (Å²) in [6.07, 6.45) is 0.875. The largest absolute Gasteiger partial charge is 0.396 e. The molecule has 1 rings (SSSR count). The average molecular weight is 146 g/mol. The van der Waals surface area contributed by atoms with Crippen molar-refractivity contribution in [2.24, 2.45) is 0 Å². The van der Waals surface area contributed by atoms with E-state index in [4.69, 9.17) is 5.11 Å². The molecule has 0 amide bonds. The molecule has 0 atom stereocenters. The summed E-state index contributed by atoms with van der Waals surface area (Å²) >= 11 is 0. The predicted octanol–water partition coefficient (Wildman–Crippen LogP) is -0.432. The Morgan fingerprint density at radius 2 is 1.40 bits per heavy atom. The lowest BCUT2D eigenvalue weighted by atomic mass is 10.4. The van der Waals surface area contributed by atoms with E-state index in [0.29, 0.717) is 6.61 Å². The molecule has 0 saturated carbocycles. The van der Waals surface area contributed by atoms with Gasteiger partial charge in [-0.25, -0.2) is 0 Å². The van der Waals surface area contributed by atoms with Gasteiger partial charge in [-0.15, -0.1) is 0 Å². The second kappa shape index (κ2) is 8.88. The Balaban J connectivity index is 0.000000180. The molecule has 3 N–H and O–H groups in total. The van der Waals surface area contributed by atoms with Gasteiger partial charge in [-0.3, -0.25) is 0 Å². The zero-order chi connectivity index (χ0) is 7.66. The minimum atomic E-state index is 0.319. The van der Waals surface area contributed by atoms with Crippen molar-refractivity contribution in [1.29, 1.82) is 0 Å². The Kier molecular flexibility index (Phi) is 8.77. The van der Waals surface area contributed by atoms with E-state index in [1.807, 2.05) is 6.92 Å². The molecule has 10 heavy (non-hydrogen) atoms. The third kappa shape index (κ3) is 7.88. The summed E-state index contributed by atoms with van der Waals surface area (Å²) in [5, 5.41) is 14.3. The highest BCUT2D eigenvalue weighted by molar-refractivity contribution is 4.59. The third-order valence-electron chi connectivity index (χ3n) is 1.18. The van der Waals surface area contributed by atoms with Gasteiger partial charge in [0.2, 0.25) is 0 Å². The number of rotatable bonds is 1. The van der Waals surface area contributed by atoms with Crippen molar-refractivity contribution in [2.45, 2.75) is 13.3 Å². The van der Waals surface area contributed by atoms with Gasteiger partial charge in [0, 0.05) is 32.8 Å². The number of piperazine rings is 1. The summed E-state index contributed by atoms with van der Waals surface area (Å²) in [7, 11) is 0. The summed E-state index contributed by atoms with van der Waals surface area (Å²) in [5.74, 6) is 0. The smallest absolute Gasteiger partial charge is 0.0428 e. The van der Waals surface area contributed by atoms with Gasteiger partial charge < -0.3 is 15.7 Å². The summed E-state index contributed by atoms with van der Waals surface area (Å²) in [5.41, 5.74) is 0. The van der Waals surface area contributed by atoms with Crippen LogP contribution in [0.4, 0.5) is 0 Å². The molecule has 0 aliphatic carbocycles. The molecule has 1 heterocycles. The molecule has 0 aromatic carbocycles. The van der Waals surface area contributed by atoms with Crippen molar-refractivity contribution < 1.29 is 5.11 Å². The van der Waals surface area contributed by atoms with Crippen LogP contribution < -0.4 is 10.6 Å². The van der Waals surface area contributed by atoms with Gasteiger partial charge in [0.1, 0.15) is 0 Å². The van der Waals surface area contributed by atoms with Crippen LogP contribution in [0.5, 0.6) is 0 Å². The maximum absolute atomic E-state index is 7.88. The van der Waals surface area contributed by atoms with Crippen LogP contribution >= 0.6 is 0 Å². The monoisotopic (exact) mass is 146 g/mol. The molecule has 1 aliphatic rings. The van der Waals surface area contributed by atoms with Crippen LogP contribution in [0, 0.1) is 0 Å². The Hall–Kier alpha value is -0.120. The fourth-order valence-corrected chi connectivity index (χ4v) is 0.604. The SMILES string of the molecule is C1CNCCN1.CCCO. The van der Waals surface area contributed by atoms with E-state index >= 15 is 0 Å². The Bertz CT molecular complexity index is 42.1. The molecule has 3 nitrogen and oxygen atoms in total. The van der Waals surface area contributed by atoms with Crippen LogP contribution in [0.15, 0.2) is 0 Å². The molecule has 62 valence electrons. The zero-order valence-electron chi connectivity index (χ0n) is 6.69. The van der Waals surface area contributed by atoms with Crippen molar-refractivity contribution in [3.8, 4) is 0 Å². The van der Waals surface area contributed by atoms with Crippen LogP contribution in [0.1, 0.15) is 13.3 Å². The Morgan fingerprint density at radius 3 is 1.50 bits per heavy atom. The van der Waals surface area contributed by atoms with Crippen molar-refractivity contribution in [3.63, 3.8) is 0 Å². The fourth-order valence-electron chi connectivity index (χ4n) is 0.604. The van der Waals surface area contributed by atoms with Crippen LogP contribution in [-0.2, 0) is 0 Å². The molecule has 1 fully saturated rings. The van der Waals surface area contributed by atoms with Crippen LogP contribution in [-0.4, -0.2) is 37.9 Å². The van der Waals surface area contributed by atoms with Gasteiger partial charge in [0.05, 0.1) is 0 Å². The van der Waals surface area contributed by atoms with Crippen LogP contribution in [0.25, 0.3) is 0 Å². The average Bonchev–Trinajstić information content (AvgIpc) is 2.08. The van der Waals surface area contributed by atoms with Crippen LogP contribution in [0.3, 0.4) is 0 Å². The van der Waals surface area contributed by atoms with Gasteiger partial charge in [0.15, 0.2) is 0 Å². The minimum absolute atomic E-state index is 0.319. The molecule has 0 bridgehead atoms. The lowest BCUT2D eigenvalue weighted by Gasteiger charge is -2.11. The number of hydrogen-bond donors (Lipinski definition) is 3. The molecule has 0 radical (unpaired) electrons. The molecule has 3 heteroatoms. The first-order chi connectivity index (χ1) is 4.91. The lowest BCUT2D eigenvalue weighted by molar-refractivity contribution is 0.295. The van der Waals surface area contributed by atoms with Gasteiger partial charge in [-0.2, -0.15) is 0 Å². The van der Waals surface area contributed by atoms with E-state index in [9.17, 15) is 0 Å². The van der Waals surface area contributed by atoms with Gasteiger partial charge >= 0.3 is 0 Å². The summed E-state index contributed by atoms with van der Waals surface area (Å²) < 4.78 is 0. The van der Waals surface area contributed by atoms with E-state index in [-0.39, 0.29) is 0 Å². The first-order valence-corrected chi connectivity index (χ1v) is 3.94. The number of nitrogens with one attached hydrogen (secondary N) is 2. The normalized spacial score (nSPS) is 17.4. The molecular formula is C7H18N2O. The Labute approximate surface area is 62.8 Å². The fraction of sp³-hybridized carbons (Fsp3) is 1.00. The van der Waals surface area contributed by atoms with E-state index in [1.54, 1.807) is 0 Å². The van der Waals surface area contributed by atoms with E-state index in [2.05, 4.69) is 10.6 Å². The van der Waals surface area contributed by atoms with Crippen molar-refractivity contribution in [2.75, 3.05) is 32.8 Å². The summed E-state index contributed by atoms with van der Waals surface area (Å²) in [6, 6.07) is 0. The standard InChI is InChI=1S/C4H10N2.C3H8O/c1-2-6-4-3-5-1;1-2-3-4/h5-6H,1-4H2;4H,2-3H2,1H3. The van der Waals surface area contributed by atoms with E-state index in [1.165, 1.54) is 0 Å². The van der Waals surface area contributed by atoms with E-state index < -0.39 is 0 Å². The van der Waals surface area contributed by atoms with Crippen molar-refractivity contribution in [1.82, 2.24) is 10.6 Å². The minimum Gasteiger partial charge on any atom is -0.396 e.